The van der Waals surface area contributed by atoms with Crippen molar-refractivity contribution in [2.45, 2.75) is 5.03 Å². The third kappa shape index (κ3) is 4.55. The molecule has 19 heavy (non-hydrogen) atoms. The zero-order chi connectivity index (χ0) is 13.5. The Morgan fingerprint density at radius 1 is 1.32 bits per heavy atom. The fourth-order valence-corrected chi connectivity index (χ4v) is 1.88. The zero-order valence-corrected chi connectivity index (χ0v) is 10.8. The number of amidine groups is 1. The highest BCUT2D eigenvalue weighted by Crippen LogP contribution is 2.13. The van der Waals surface area contributed by atoms with Crippen molar-refractivity contribution in [3.8, 4) is 0 Å². The lowest BCUT2D eigenvalue weighted by Crippen LogP contribution is -2.17. The second-order valence-electron chi connectivity index (χ2n) is 3.52. The zero-order valence-electron chi connectivity index (χ0n) is 9.95. The summed E-state index contributed by atoms with van der Waals surface area (Å²) in [6, 6.07) is 10.0. The van der Waals surface area contributed by atoms with Gasteiger partial charge in [0.05, 0.1) is 10.8 Å². The Labute approximate surface area is 114 Å². The van der Waals surface area contributed by atoms with Crippen LogP contribution in [0, 0.1) is 5.95 Å². The number of pyridine rings is 2. The van der Waals surface area contributed by atoms with Gasteiger partial charge < -0.3 is 5.73 Å². The van der Waals surface area contributed by atoms with Gasteiger partial charge in [-0.3, -0.25) is 5.43 Å². The fourth-order valence-electron chi connectivity index (χ4n) is 1.21. The third-order valence-electron chi connectivity index (χ3n) is 2.03. The van der Waals surface area contributed by atoms with Crippen molar-refractivity contribution in [2.75, 3.05) is 11.2 Å². The van der Waals surface area contributed by atoms with Gasteiger partial charge in [0.15, 0.2) is 0 Å². The molecule has 5 nitrogen and oxygen atoms in total. The molecule has 0 radical (unpaired) electrons. The van der Waals surface area contributed by atoms with Gasteiger partial charge in [-0.25, -0.2) is 9.97 Å². The van der Waals surface area contributed by atoms with Gasteiger partial charge in [0, 0.05) is 6.20 Å². The Balaban J connectivity index is 1.86. The van der Waals surface area contributed by atoms with E-state index < -0.39 is 5.95 Å². The topological polar surface area (TPSA) is 76.2 Å². The minimum absolute atomic E-state index is 0.311. The van der Waals surface area contributed by atoms with Crippen LogP contribution in [-0.2, 0) is 0 Å². The highest BCUT2D eigenvalue weighted by Gasteiger charge is 1.98. The van der Waals surface area contributed by atoms with Gasteiger partial charge in [-0.2, -0.15) is 9.49 Å². The van der Waals surface area contributed by atoms with Crippen LogP contribution in [0.3, 0.4) is 0 Å². The summed E-state index contributed by atoms with van der Waals surface area (Å²) in [6.07, 6.45) is 1.71. The molecule has 0 bridgehead atoms. The molecule has 0 saturated heterocycles. The highest BCUT2D eigenvalue weighted by molar-refractivity contribution is 7.99. The maximum atomic E-state index is 12.8. The van der Waals surface area contributed by atoms with Crippen molar-refractivity contribution in [3.63, 3.8) is 0 Å². The summed E-state index contributed by atoms with van der Waals surface area (Å²) in [5, 5.41) is 4.78. The van der Waals surface area contributed by atoms with Crippen LogP contribution in [0.25, 0.3) is 0 Å². The molecule has 0 aromatic carbocycles. The van der Waals surface area contributed by atoms with Crippen molar-refractivity contribution < 1.29 is 4.39 Å². The summed E-state index contributed by atoms with van der Waals surface area (Å²) in [5.74, 6) is 0.605. The van der Waals surface area contributed by atoms with Crippen LogP contribution in [0.1, 0.15) is 0 Å². The summed E-state index contributed by atoms with van der Waals surface area (Å²) < 4.78 is 12.8. The third-order valence-corrected chi connectivity index (χ3v) is 3.01. The second-order valence-corrected chi connectivity index (χ2v) is 4.51. The van der Waals surface area contributed by atoms with Crippen molar-refractivity contribution in [2.24, 2.45) is 10.8 Å². The lowest BCUT2D eigenvalue weighted by Gasteiger charge is -2.02. The van der Waals surface area contributed by atoms with Gasteiger partial charge >= 0.3 is 0 Å². The number of anilines is 1. The lowest BCUT2D eigenvalue weighted by molar-refractivity contribution is 0.585. The fraction of sp³-hybridized carbons (Fsp3) is 0.0833. The van der Waals surface area contributed by atoms with Crippen LogP contribution in [0.2, 0.25) is 0 Å². The molecule has 0 fully saturated rings. The number of nitrogens with two attached hydrogens (primary N) is 1. The van der Waals surface area contributed by atoms with E-state index in [4.69, 9.17) is 5.73 Å². The molecule has 0 atom stereocenters. The molecule has 98 valence electrons. The predicted molar refractivity (Wildman–Crippen MR) is 74.4 cm³/mol. The number of hydrogen-bond donors (Lipinski definition) is 2. The van der Waals surface area contributed by atoms with Crippen molar-refractivity contribution in [3.05, 3.63) is 48.5 Å². The van der Waals surface area contributed by atoms with Crippen LogP contribution in [0.5, 0.6) is 0 Å². The van der Waals surface area contributed by atoms with Crippen molar-refractivity contribution >= 4 is 23.4 Å². The second kappa shape index (κ2) is 6.69. The Morgan fingerprint density at radius 3 is 2.95 bits per heavy atom. The largest absolute Gasteiger partial charge is 0.385 e. The Kier molecular flexibility index (Phi) is 4.68. The number of thioether (sulfide) groups is 1. The molecule has 0 unspecified atom stereocenters. The van der Waals surface area contributed by atoms with Gasteiger partial charge in [-0.1, -0.05) is 23.9 Å². The molecule has 0 aliphatic heterocycles. The van der Waals surface area contributed by atoms with Gasteiger partial charge in [-0.15, -0.1) is 0 Å². The van der Waals surface area contributed by atoms with E-state index in [-0.39, 0.29) is 0 Å². The Hall–Kier alpha value is -2.15. The summed E-state index contributed by atoms with van der Waals surface area (Å²) in [5.41, 5.74) is 8.32. The van der Waals surface area contributed by atoms with E-state index >= 15 is 0 Å². The number of halogens is 1. The first-order valence-corrected chi connectivity index (χ1v) is 6.47. The molecule has 2 heterocycles. The SMILES string of the molecule is N/C(CSc1ccccn1)=N\Nc1cccc(F)n1. The standard InChI is InChI=1S/C12H12FN5S/c13-9-4-3-5-11(16-9)18-17-10(14)8-19-12-6-1-2-7-15-12/h1-7H,8H2,(H2,14,17)(H,16,18). The van der Waals surface area contributed by atoms with Gasteiger partial charge in [-0.05, 0) is 24.3 Å². The van der Waals surface area contributed by atoms with Crippen LogP contribution in [-0.4, -0.2) is 21.6 Å². The predicted octanol–water partition coefficient (Wildman–Crippen LogP) is 2.09. The van der Waals surface area contributed by atoms with Crippen LogP contribution in [0.15, 0.2) is 52.7 Å². The smallest absolute Gasteiger partial charge is 0.214 e. The summed E-state index contributed by atoms with van der Waals surface area (Å²) in [4.78, 5) is 7.75. The molecule has 7 heteroatoms. The average molecular weight is 277 g/mol. The molecule has 2 rings (SSSR count). The van der Waals surface area contributed by atoms with Crippen LogP contribution < -0.4 is 11.2 Å². The minimum Gasteiger partial charge on any atom is -0.385 e. The first kappa shape index (κ1) is 13.3. The van der Waals surface area contributed by atoms with Gasteiger partial charge in [0.2, 0.25) is 5.95 Å². The number of hydrazone groups is 1. The molecule has 3 N–H and O–H groups in total. The maximum Gasteiger partial charge on any atom is 0.214 e. The molecule has 0 spiro atoms. The Bertz CT molecular complexity index is 561. The van der Waals surface area contributed by atoms with E-state index in [1.165, 1.54) is 17.8 Å². The van der Waals surface area contributed by atoms with E-state index in [0.717, 1.165) is 5.03 Å². The molecule has 2 aromatic heterocycles. The molecule has 2 aromatic rings. The van der Waals surface area contributed by atoms with Gasteiger partial charge in [0.1, 0.15) is 11.7 Å². The number of rotatable bonds is 5. The quantitative estimate of drug-likeness (QED) is 0.288. The van der Waals surface area contributed by atoms with Crippen molar-refractivity contribution in [1.29, 1.82) is 0 Å². The van der Waals surface area contributed by atoms with E-state index in [9.17, 15) is 4.39 Å². The first-order chi connectivity index (χ1) is 9.24. The average Bonchev–Trinajstić information content (AvgIpc) is 2.44. The summed E-state index contributed by atoms with van der Waals surface area (Å²) >= 11 is 1.47. The first-order valence-electron chi connectivity index (χ1n) is 5.48. The molecule has 0 aliphatic rings. The van der Waals surface area contributed by atoms with E-state index in [2.05, 4.69) is 20.5 Å². The molecule has 0 aliphatic carbocycles. The maximum absolute atomic E-state index is 12.8. The van der Waals surface area contributed by atoms with E-state index in [0.29, 0.717) is 17.4 Å². The summed E-state index contributed by atoms with van der Waals surface area (Å²) in [7, 11) is 0. The minimum atomic E-state index is -0.568. The molecular weight excluding hydrogens is 265 g/mol. The van der Waals surface area contributed by atoms with E-state index in [1.807, 2.05) is 18.2 Å². The van der Waals surface area contributed by atoms with Crippen LogP contribution in [0.4, 0.5) is 10.2 Å². The number of aromatic nitrogens is 2. The van der Waals surface area contributed by atoms with E-state index in [1.54, 1.807) is 18.3 Å². The number of nitrogens with one attached hydrogen (secondary N) is 1. The van der Waals surface area contributed by atoms with Crippen molar-refractivity contribution in [1.82, 2.24) is 9.97 Å². The Morgan fingerprint density at radius 2 is 2.21 bits per heavy atom. The number of hydrogen-bond acceptors (Lipinski definition) is 5. The normalized spacial score (nSPS) is 11.3. The highest BCUT2D eigenvalue weighted by atomic mass is 32.2. The monoisotopic (exact) mass is 277 g/mol. The molecule has 0 amide bonds. The lowest BCUT2D eigenvalue weighted by atomic mass is 10.5. The number of nitrogens with zero attached hydrogens (tertiary/aromatic N) is 3. The summed E-state index contributed by atoms with van der Waals surface area (Å²) in [6.45, 7) is 0. The molecule has 0 saturated carbocycles. The molecular formula is C12H12FN5S. The van der Waals surface area contributed by atoms with Crippen LogP contribution >= 0.6 is 11.8 Å². The van der Waals surface area contributed by atoms with Gasteiger partial charge in [0.25, 0.3) is 0 Å².